The zero-order chi connectivity index (χ0) is 11.8. The molecule has 3 rings (SSSR count). The highest BCUT2D eigenvalue weighted by atomic mass is 35.5. The molecule has 0 saturated heterocycles. The number of hydrogen-bond donors (Lipinski definition) is 0. The molecule has 0 bridgehead atoms. The fraction of sp³-hybridized carbons (Fsp3) is 0. The van der Waals surface area contributed by atoms with Crippen LogP contribution in [-0.2, 0) is 0 Å². The molecule has 3 aromatic heterocycles. The molecule has 3 nitrogen and oxygen atoms in total. The van der Waals surface area contributed by atoms with E-state index in [1.807, 2.05) is 16.7 Å². The van der Waals surface area contributed by atoms with Gasteiger partial charge in [-0.3, -0.25) is 9.38 Å². The topological polar surface area (TPSA) is 30.2 Å². The van der Waals surface area contributed by atoms with Gasteiger partial charge in [-0.05, 0) is 24.3 Å². The van der Waals surface area contributed by atoms with E-state index in [1.165, 1.54) is 12.3 Å². The van der Waals surface area contributed by atoms with Gasteiger partial charge in [-0.15, -0.1) is 0 Å². The highest BCUT2D eigenvalue weighted by Gasteiger charge is 2.08. The summed E-state index contributed by atoms with van der Waals surface area (Å²) in [5.41, 5.74) is 2.10. The molecule has 0 atom stereocenters. The predicted molar refractivity (Wildman–Crippen MR) is 63.4 cm³/mol. The zero-order valence-electron chi connectivity index (χ0n) is 8.64. The number of hydrogen-bond acceptors (Lipinski definition) is 2. The van der Waals surface area contributed by atoms with Crippen LogP contribution in [0.15, 0.2) is 42.9 Å². The van der Waals surface area contributed by atoms with Gasteiger partial charge in [0.2, 0.25) is 0 Å². The fourth-order valence-electron chi connectivity index (χ4n) is 1.69. The predicted octanol–water partition coefficient (Wildman–Crippen LogP) is 3.19. The SMILES string of the molecule is Fc1ccc(-c2cnc3c(Cl)cccn23)nc1. The number of imidazole rings is 1. The van der Waals surface area contributed by atoms with Crippen molar-refractivity contribution in [3.63, 3.8) is 0 Å². The van der Waals surface area contributed by atoms with Gasteiger partial charge in [-0.2, -0.15) is 0 Å². The summed E-state index contributed by atoms with van der Waals surface area (Å²) in [6.07, 6.45) is 4.69. The number of aromatic nitrogens is 3. The van der Waals surface area contributed by atoms with Gasteiger partial charge in [0.1, 0.15) is 5.82 Å². The van der Waals surface area contributed by atoms with E-state index in [9.17, 15) is 4.39 Å². The van der Waals surface area contributed by atoms with Gasteiger partial charge in [-0.1, -0.05) is 11.6 Å². The van der Waals surface area contributed by atoms with Crippen molar-refractivity contribution < 1.29 is 4.39 Å². The largest absolute Gasteiger partial charge is 0.297 e. The maximum Gasteiger partial charge on any atom is 0.156 e. The molecule has 5 heteroatoms. The summed E-state index contributed by atoms with van der Waals surface area (Å²) in [6.45, 7) is 0. The van der Waals surface area contributed by atoms with E-state index in [1.54, 1.807) is 18.3 Å². The first kappa shape index (κ1) is 10.2. The van der Waals surface area contributed by atoms with Crippen LogP contribution in [0.3, 0.4) is 0 Å². The van der Waals surface area contributed by atoms with Gasteiger partial charge >= 0.3 is 0 Å². The summed E-state index contributed by atoms with van der Waals surface area (Å²) in [5.74, 6) is -0.361. The summed E-state index contributed by atoms with van der Waals surface area (Å²) < 4.78 is 14.6. The normalized spacial score (nSPS) is 10.9. The van der Waals surface area contributed by atoms with Crippen LogP contribution in [-0.4, -0.2) is 14.4 Å². The molecule has 0 fully saturated rings. The van der Waals surface area contributed by atoms with Crippen molar-refractivity contribution in [3.05, 3.63) is 53.7 Å². The minimum absolute atomic E-state index is 0.361. The molecule has 0 aliphatic heterocycles. The van der Waals surface area contributed by atoms with E-state index in [0.717, 1.165) is 5.69 Å². The lowest BCUT2D eigenvalue weighted by Crippen LogP contribution is -1.90. The second-order valence-electron chi connectivity index (χ2n) is 3.55. The van der Waals surface area contributed by atoms with Crippen LogP contribution < -0.4 is 0 Å². The number of rotatable bonds is 1. The van der Waals surface area contributed by atoms with Gasteiger partial charge in [0, 0.05) is 6.20 Å². The standard InChI is InChI=1S/C12H7ClFN3/c13-9-2-1-5-17-11(7-16-12(9)17)10-4-3-8(14)6-15-10/h1-7H. The molecule has 84 valence electrons. The van der Waals surface area contributed by atoms with Crippen molar-refractivity contribution in [1.29, 1.82) is 0 Å². The van der Waals surface area contributed by atoms with E-state index in [0.29, 0.717) is 16.4 Å². The summed E-state index contributed by atoms with van der Waals surface area (Å²) in [6, 6.07) is 6.57. The number of pyridine rings is 2. The van der Waals surface area contributed by atoms with Crippen LogP contribution in [0, 0.1) is 5.82 Å². The van der Waals surface area contributed by atoms with Crippen LogP contribution in [0.1, 0.15) is 0 Å². The summed E-state index contributed by atoms with van der Waals surface area (Å²) in [4.78, 5) is 8.24. The Hall–Kier alpha value is -1.94. The lowest BCUT2D eigenvalue weighted by molar-refractivity contribution is 0.622. The number of nitrogens with zero attached hydrogens (tertiary/aromatic N) is 3. The minimum atomic E-state index is -0.361. The molecule has 3 aromatic rings. The van der Waals surface area contributed by atoms with E-state index >= 15 is 0 Å². The molecule has 0 aliphatic rings. The average Bonchev–Trinajstić information content (AvgIpc) is 2.75. The summed E-state index contributed by atoms with van der Waals surface area (Å²) in [7, 11) is 0. The molecule has 0 unspecified atom stereocenters. The van der Waals surface area contributed by atoms with Gasteiger partial charge in [-0.25, -0.2) is 9.37 Å². The Bertz CT molecular complexity index is 676. The van der Waals surface area contributed by atoms with Crippen molar-refractivity contribution in [2.24, 2.45) is 0 Å². The van der Waals surface area contributed by atoms with Crippen molar-refractivity contribution in [3.8, 4) is 11.4 Å². The Morgan fingerprint density at radius 2 is 2.00 bits per heavy atom. The van der Waals surface area contributed by atoms with Crippen LogP contribution >= 0.6 is 11.6 Å². The highest BCUT2D eigenvalue weighted by Crippen LogP contribution is 2.22. The molecule has 0 amide bonds. The van der Waals surface area contributed by atoms with E-state index in [-0.39, 0.29) is 5.82 Å². The van der Waals surface area contributed by atoms with Gasteiger partial charge < -0.3 is 0 Å². The lowest BCUT2D eigenvalue weighted by atomic mass is 10.3. The molecular weight excluding hydrogens is 241 g/mol. The van der Waals surface area contributed by atoms with Crippen LogP contribution in [0.5, 0.6) is 0 Å². The summed E-state index contributed by atoms with van der Waals surface area (Å²) >= 11 is 6.02. The maximum absolute atomic E-state index is 12.8. The first-order valence-electron chi connectivity index (χ1n) is 4.99. The molecule has 0 aliphatic carbocycles. The summed E-state index contributed by atoms with van der Waals surface area (Å²) in [5, 5.41) is 0.570. The Kier molecular flexibility index (Phi) is 2.30. The first-order chi connectivity index (χ1) is 8.25. The molecule has 0 radical (unpaired) electrons. The van der Waals surface area contributed by atoms with Crippen molar-refractivity contribution in [2.75, 3.05) is 0 Å². The van der Waals surface area contributed by atoms with Crippen molar-refractivity contribution in [1.82, 2.24) is 14.4 Å². The third-order valence-electron chi connectivity index (χ3n) is 2.48. The lowest BCUT2D eigenvalue weighted by Gasteiger charge is -2.01. The fourth-order valence-corrected chi connectivity index (χ4v) is 1.91. The maximum atomic E-state index is 12.8. The van der Waals surface area contributed by atoms with Gasteiger partial charge in [0.15, 0.2) is 5.65 Å². The van der Waals surface area contributed by atoms with Gasteiger partial charge in [0.05, 0.1) is 28.8 Å². The Balaban J connectivity index is 2.24. The average molecular weight is 248 g/mol. The second-order valence-corrected chi connectivity index (χ2v) is 3.96. The smallest absolute Gasteiger partial charge is 0.156 e. The molecule has 3 heterocycles. The second kappa shape index (κ2) is 3.82. The Morgan fingerprint density at radius 3 is 2.76 bits per heavy atom. The van der Waals surface area contributed by atoms with Crippen LogP contribution in [0.2, 0.25) is 5.02 Å². The van der Waals surface area contributed by atoms with Crippen LogP contribution in [0.4, 0.5) is 4.39 Å². The van der Waals surface area contributed by atoms with E-state index in [2.05, 4.69) is 9.97 Å². The molecule has 0 spiro atoms. The molecule has 17 heavy (non-hydrogen) atoms. The molecule has 0 aromatic carbocycles. The first-order valence-corrected chi connectivity index (χ1v) is 5.37. The Morgan fingerprint density at radius 1 is 1.12 bits per heavy atom. The van der Waals surface area contributed by atoms with E-state index < -0.39 is 0 Å². The minimum Gasteiger partial charge on any atom is -0.297 e. The monoisotopic (exact) mass is 247 g/mol. The van der Waals surface area contributed by atoms with Gasteiger partial charge in [0.25, 0.3) is 0 Å². The van der Waals surface area contributed by atoms with E-state index in [4.69, 9.17) is 11.6 Å². The number of fused-ring (bicyclic) bond motifs is 1. The number of halogens is 2. The third kappa shape index (κ3) is 1.66. The quantitative estimate of drug-likeness (QED) is 0.661. The molecule has 0 N–H and O–H groups in total. The highest BCUT2D eigenvalue weighted by molar-refractivity contribution is 6.33. The Labute approximate surface area is 102 Å². The third-order valence-corrected chi connectivity index (χ3v) is 2.77. The van der Waals surface area contributed by atoms with Crippen molar-refractivity contribution >= 4 is 17.2 Å². The molecule has 0 saturated carbocycles. The molecular formula is C12H7ClFN3. The van der Waals surface area contributed by atoms with Crippen LogP contribution in [0.25, 0.3) is 17.0 Å². The van der Waals surface area contributed by atoms with Crippen molar-refractivity contribution in [2.45, 2.75) is 0 Å². The zero-order valence-corrected chi connectivity index (χ0v) is 9.39.